The Morgan fingerprint density at radius 3 is 1.55 bits per heavy atom. The lowest BCUT2D eigenvalue weighted by Gasteiger charge is -2.39. The standard InChI is InChI=1S/C45H68O10/c1-3-5-7-9-11-13-15-17-19-21-23-25-27-29-31-33-40(47)52-36-38(37-53-45-44(51)43(50)42(49)39(35-46)55-45)54-41(48)34-32-30-28-26-24-22-20-18-16-14-12-10-8-6-4-2/h5-8,11-14,17-20,23-26,29,31,38-39,42-46,49-51H,3-4,9-10,15-16,21-22,27-28,30,32-37H2,1-2H3/b7-5-,8-6-,13-11-,14-12-,19-17-,20-18-,25-23-,26-24-,31-29-/t38-,39-,42+,43?,44?,45-/m1/s1. The number of rotatable bonds is 30. The van der Waals surface area contributed by atoms with E-state index in [-0.39, 0.29) is 26.1 Å². The van der Waals surface area contributed by atoms with Crippen LogP contribution in [0.25, 0.3) is 0 Å². The summed E-state index contributed by atoms with van der Waals surface area (Å²) in [6.45, 7) is 3.00. The van der Waals surface area contributed by atoms with Crippen LogP contribution in [-0.4, -0.2) is 89.0 Å². The number of hydrogen-bond acceptors (Lipinski definition) is 10. The molecule has 10 nitrogen and oxygen atoms in total. The number of allylic oxidation sites excluding steroid dienone is 17. The Kier molecular flexibility index (Phi) is 31.3. The largest absolute Gasteiger partial charge is 0.461 e. The first-order valence-electron chi connectivity index (χ1n) is 20.0. The van der Waals surface area contributed by atoms with Crippen LogP contribution in [0.5, 0.6) is 0 Å². The number of ether oxygens (including phenoxy) is 4. The predicted molar refractivity (Wildman–Crippen MR) is 219 cm³/mol. The van der Waals surface area contributed by atoms with Crippen molar-refractivity contribution in [3.63, 3.8) is 0 Å². The second kappa shape index (κ2) is 34.8. The maximum absolute atomic E-state index is 12.7. The number of aliphatic hydroxyl groups excluding tert-OH is 4. The van der Waals surface area contributed by atoms with Crippen molar-refractivity contribution in [2.24, 2.45) is 0 Å². The van der Waals surface area contributed by atoms with Crippen molar-refractivity contribution in [2.45, 2.75) is 141 Å². The summed E-state index contributed by atoms with van der Waals surface area (Å²) in [7, 11) is 0. The van der Waals surface area contributed by atoms with Gasteiger partial charge in [0.15, 0.2) is 12.4 Å². The van der Waals surface area contributed by atoms with Gasteiger partial charge in [-0.1, -0.05) is 123 Å². The zero-order valence-electron chi connectivity index (χ0n) is 33.1. The normalized spacial score (nSPS) is 21.7. The lowest BCUT2D eigenvalue weighted by atomic mass is 9.99. The molecule has 0 spiro atoms. The fourth-order valence-electron chi connectivity index (χ4n) is 5.07. The molecule has 1 saturated heterocycles. The van der Waals surface area contributed by atoms with Gasteiger partial charge in [0, 0.05) is 6.42 Å². The zero-order chi connectivity index (χ0) is 40.2. The third-order valence-electron chi connectivity index (χ3n) is 8.19. The van der Waals surface area contributed by atoms with Crippen molar-refractivity contribution >= 4 is 11.9 Å². The van der Waals surface area contributed by atoms with Crippen LogP contribution in [0.15, 0.2) is 109 Å². The van der Waals surface area contributed by atoms with Crippen LogP contribution < -0.4 is 0 Å². The summed E-state index contributed by atoms with van der Waals surface area (Å²) in [6, 6.07) is 0. The monoisotopic (exact) mass is 768 g/mol. The minimum Gasteiger partial charge on any atom is -0.461 e. The Morgan fingerprint density at radius 2 is 1.05 bits per heavy atom. The third kappa shape index (κ3) is 26.7. The topological polar surface area (TPSA) is 152 Å². The molecule has 2 unspecified atom stereocenters. The first-order chi connectivity index (χ1) is 26.8. The lowest BCUT2D eigenvalue weighted by Crippen LogP contribution is -2.59. The molecule has 0 aromatic heterocycles. The summed E-state index contributed by atoms with van der Waals surface area (Å²) in [6.07, 6.45) is 39.8. The van der Waals surface area contributed by atoms with E-state index in [1.165, 1.54) is 0 Å². The highest BCUT2D eigenvalue weighted by Crippen LogP contribution is 2.22. The van der Waals surface area contributed by atoms with Gasteiger partial charge in [-0.3, -0.25) is 9.59 Å². The zero-order valence-corrected chi connectivity index (χ0v) is 33.1. The van der Waals surface area contributed by atoms with Gasteiger partial charge in [-0.05, 0) is 77.0 Å². The van der Waals surface area contributed by atoms with E-state index in [1.54, 1.807) is 6.08 Å². The van der Waals surface area contributed by atoms with E-state index in [0.717, 1.165) is 64.2 Å². The number of esters is 2. The van der Waals surface area contributed by atoms with E-state index >= 15 is 0 Å². The number of unbranched alkanes of at least 4 members (excludes halogenated alkanes) is 2. The highest BCUT2D eigenvalue weighted by Gasteiger charge is 2.44. The molecular formula is C45H68O10. The number of carbonyl (C=O) groups is 2. The van der Waals surface area contributed by atoms with E-state index in [2.05, 4.69) is 105 Å². The van der Waals surface area contributed by atoms with Crippen LogP contribution >= 0.6 is 0 Å². The second-order valence-electron chi connectivity index (χ2n) is 13.0. The maximum atomic E-state index is 12.7. The molecule has 1 aliphatic rings. The van der Waals surface area contributed by atoms with Gasteiger partial charge in [0.25, 0.3) is 0 Å². The summed E-state index contributed by atoms with van der Waals surface area (Å²) in [5, 5.41) is 39.9. The molecule has 0 bridgehead atoms. The van der Waals surface area contributed by atoms with E-state index < -0.39 is 55.4 Å². The van der Waals surface area contributed by atoms with E-state index in [4.69, 9.17) is 18.9 Å². The van der Waals surface area contributed by atoms with Crippen LogP contribution in [0.3, 0.4) is 0 Å². The molecule has 55 heavy (non-hydrogen) atoms. The first-order valence-corrected chi connectivity index (χ1v) is 20.0. The Bertz CT molecular complexity index is 1260. The van der Waals surface area contributed by atoms with Gasteiger partial charge in [-0.25, -0.2) is 0 Å². The molecular weight excluding hydrogens is 700 g/mol. The molecule has 0 radical (unpaired) electrons. The van der Waals surface area contributed by atoms with Gasteiger partial charge in [0.2, 0.25) is 0 Å². The minimum atomic E-state index is -1.62. The summed E-state index contributed by atoms with van der Waals surface area (Å²) >= 11 is 0. The number of carbonyl (C=O) groups excluding carboxylic acids is 2. The summed E-state index contributed by atoms with van der Waals surface area (Å²) in [5.41, 5.74) is 0. The fraction of sp³-hybridized carbons (Fsp3) is 0.556. The number of hydrogen-bond donors (Lipinski definition) is 4. The molecule has 1 aliphatic heterocycles. The summed E-state index contributed by atoms with van der Waals surface area (Å²) < 4.78 is 21.9. The van der Waals surface area contributed by atoms with Crippen LogP contribution in [0.2, 0.25) is 0 Å². The van der Waals surface area contributed by atoms with Crippen LogP contribution in [0.1, 0.15) is 104 Å². The molecule has 0 aliphatic carbocycles. The first kappa shape index (κ1) is 49.4. The molecule has 10 heteroatoms. The molecule has 0 aromatic rings. The molecule has 0 saturated carbocycles. The Balaban J connectivity index is 2.50. The van der Waals surface area contributed by atoms with Crippen LogP contribution in [-0.2, 0) is 28.5 Å². The molecule has 4 N–H and O–H groups in total. The van der Waals surface area contributed by atoms with Gasteiger partial charge in [0.1, 0.15) is 31.0 Å². The van der Waals surface area contributed by atoms with Crippen molar-refractivity contribution in [2.75, 3.05) is 19.8 Å². The molecule has 6 atom stereocenters. The highest BCUT2D eigenvalue weighted by atomic mass is 16.7. The van der Waals surface area contributed by atoms with E-state index in [0.29, 0.717) is 12.8 Å². The average molecular weight is 769 g/mol. The summed E-state index contributed by atoms with van der Waals surface area (Å²) in [4.78, 5) is 25.2. The smallest absolute Gasteiger partial charge is 0.309 e. The molecule has 308 valence electrons. The molecule has 0 aromatic carbocycles. The third-order valence-corrected chi connectivity index (χ3v) is 8.19. The number of aliphatic hydroxyl groups is 4. The van der Waals surface area contributed by atoms with Crippen LogP contribution in [0, 0.1) is 0 Å². The maximum Gasteiger partial charge on any atom is 0.309 e. The van der Waals surface area contributed by atoms with Crippen molar-refractivity contribution < 1.29 is 49.0 Å². The average Bonchev–Trinajstić information content (AvgIpc) is 3.18. The SMILES string of the molecule is CC/C=C\C/C=C\C/C=C\C/C=C\C/C=C\CC(=O)OC[C@H](CO[C@@H]1O[C@H](CO)[C@H](O)C(O)C1O)OC(=O)CCCC/C=C\C/C=C\C/C=C\C/C=C\CC. The molecule has 1 heterocycles. The Hall–Kier alpha value is -3.64. The second-order valence-corrected chi connectivity index (χ2v) is 13.0. The van der Waals surface area contributed by atoms with Crippen molar-refractivity contribution in [1.82, 2.24) is 0 Å². The van der Waals surface area contributed by atoms with Gasteiger partial charge in [0.05, 0.1) is 19.6 Å². The predicted octanol–water partition coefficient (Wildman–Crippen LogP) is 7.76. The van der Waals surface area contributed by atoms with Gasteiger partial charge < -0.3 is 39.4 Å². The van der Waals surface area contributed by atoms with Gasteiger partial charge in [-0.15, -0.1) is 0 Å². The minimum absolute atomic E-state index is 0.0268. The lowest BCUT2D eigenvalue weighted by molar-refractivity contribution is -0.305. The Morgan fingerprint density at radius 1 is 0.582 bits per heavy atom. The van der Waals surface area contributed by atoms with Crippen molar-refractivity contribution in [3.05, 3.63) is 109 Å². The van der Waals surface area contributed by atoms with Crippen molar-refractivity contribution in [1.29, 1.82) is 0 Å². The van der Waals surface area contributed by atoms with Gasteiger partial charge >= 0.3 is 11.9 Å². The molecule has 0 amide bonds. The quantitative estimate of drug-likeness (QED) is 0.0324. The van der Waals surface area contributed by atoms with E-state index in [9.17, 15) is 30.0 Å². The van der Waals surface area contributed by atoms with Crippen LogP contribution in [0.4, 0.5) is 0 Å². The Labute approximate surface area is 330 Å². The summed E-state index contributed by atoms with van der Waals surface area (Å²) in [5.74, 6) is -1.02. The van der Waals surface area contributed by atoms with Gasteiger partial charge in [-0.2, -0.15) is 0 Å². The van der Waals surface area contributed by atoms with Crippen molar-refractivity contribution in [3.8, 4) is 0 Å². The van der Waals surface area contributed by atoms with E-state index in [1.807, 2.05) is 12.2 Å². The molecule has 1 rings (SSSR count). The molecule has 1 fully saturated rings. The fourth-order valence-corrected chi connectivity index (χ4v) is 5.07. The highest BCUT2D eigenvalue weighted by molar-refractivity contribution is 5.71.